The van der Waals surface area contributed by atoms with Crippen molar-refractivity contribution in [2.45, 2.75) is 31.8 Å². The molecular formula is C20H23ClFN3O3. The molecule has 0 bridgehead atoms. The Balaban J connectivity index is 2.29. The van der Waals surface area contributed by atoms with Crippen molar-refractivity contribution in [3.8, 4) is 17.0 Å². The fraction of sp³-hybridized carbons (Fsp3) is 0.400. The van der Waals surface area contributed by atoms with Gasteiger partial charge in [-0.1, -0.05) is 11.6 Å². The van der Waals surface area contributed by atoms with Gasteiger partial charge in [-0.05, 0) is 49.9 Å². The molecule has 1 amide bonds. The van der Waals surface area contributed by atoms with Crippen molar-refractivity contribution in [3.05, 3.63) is 46.4 Å². The Kier molecular flexibility index (Phi) is 5.88. The van der Waals surface area contributed by atoms with Crippen molar-refractivity contribution in [3.63, 3.8) is 0 Å². The molecule has 28 heavy (non-hydrogen) atoms. The van der Waals surface area contributed by atoms with Crippen LogP contribution in [0, 0.1) is 11.7 Å². The number of aliphatic hydroxyl groups is 1. The Morgan fingerprint density at radius 3 is 2.71 bits per heavy atom. The van der Waals surface area contributed by atoms with E-state index in [4.69, 9.17) is 27.8 Å². The number of ether oxygens (including phenoxy) is 1. The van der Waals surface area contributed by atoms with Crippen LogP contribution in [0.15, 0.2) is 24.3 Å². The average Bonchev–Trinajstić information content (AvgIpc) is 3.49. The molecule has 1 aliphatic rings. The number of hydrogen-bond acceptors (Lipinski definition) is 5. The van der Waals surface area contributed by atoms with E-state index in [0.717, 1.165) is 12.8 Å². The number of pyridine rings is 1. The number of rotatable bonds is 8. The molecule has 0 unspecified atom stereocenters. The Morgan fingerprint density at radius 1 is 1.43 bits per heavy atom. The van der Waals surface area contributed by atoms with Crippen LogP contribution in [-0.4, -0.2) is 29.1 Å². The molecule has 3 rings (SSSR count). The zero-order valence-corrected chi connectivity index (χ0v) is 16.3. The first-order valence-corrected chi connectivity index (χ1v) is 9.51. The summed E-state index contributed by atoms with van der Waals surface area (Å²) in [6.45, 7) is 1.98. The maximum Gasteiger partial charge on any atom is 0.221 e. The van der Waals surface area contributed by atoms with Gasteiger partial charge in [-0.25, -0.2) is 9.37 Å². The first-order valence-electron chi connectivity index (χ1n) is 9.13. The molecule has 0 radical (unpaired) electrons. The number of halogens is 2. The first-order chi connectivity index (χ1) is 13.3. The lowest BCUT2D eigenvalue weighted by Gasteiger charge is -2.28. The lowest BCUT2D eigenvalue weighted by molar-refractivity contribution is -0.117. The summed E-state index contributed by atoms with van der Waals surface area (Å²) in [5, 5.41) is 11.5. The highest BCUT2D eigenvalue weighted by Crippen LogP contribution is 2.46. The van der Waals surface area contributed by atoms with E-state index in [0.29, 0.717) is 10.6 Å². The van der Waals surface area contributed by atoms with Crippen molar-refractivity contribution in [2.24, 2.45) is 17.4 Å². The zero-order valence-electron chi connectivity index (χ0n) is 15.5. The topological polar surface area (TPSA) is 111 Å². The SMILES string of the molecule is CCOc1c(CC(N)=O)cc([C@@](O)(CN)C2CC2)nc1-c1cc(Cl)ccc1F. The molecule has 0 aliphatic heterocycles. The normalized spacial score (nSPS) is 15.9. The second-order valence-corrected chi connectivity index (χ2v) is 7.38. The van der Waals surface area contributed by atoms with Crippen LogP contribution < -0.4 is 16.2 Å². The van der Waals surface area contributed by atoms with Gasteiger partial charge in [0.1, 0.15) is 22.9 Å². The molecule has 6 nitrogen and oxygen atoms in total. The second-order valence-electron chi connectivity index (χ2n) is 6.95. The zero-order chi connectivity index (χ0) is 20.5. The van der Waals surface area contributed by atoms with Crippen LogP contribution in [0.25, 0.3) is 11.3 Å². The third kappa shape index (κ3) is 3.97. The summed E-state index contributed by atoms with van der Waals surface area (Å²) in [7, 11) is 0. The fourth-order valence-corrected chi connectivity index (χ4v) is 3.51. The first kappa shape index (κ1) is 20.5. The molecule has 2 aromatic rings. The van der Waals surface area contributed by atoms with E-state index in [9.17, 15) is 14.3 Å². The number of carbonyl (C=O) groups excluding carboxylic acids is 1. The van der Waals surface area contributed by atoms with Gasteiger partial charge in [0, 0.05) is 22.7 Å². The maximum atomic E-state index is 14.6. The highest BCUT2D eigenvalue weighted by Gasteiger charge is 2.46. The quantitative estimate of drug-likeness (QED) is 0.622. The van der Waals surface area contributed by atoms with Gasteiger partial charge in [-0.3, -0.25) is 4.79 Å². The van der Waals surface area contributed by atoms with E-state index in [1.54, 1.807) is 13.0 Å². The Bertz CT molecular complexity index is 905. The van der Waals surface area contributed by atoms with Crippen molar-refractivity contribution in [1.29, 1.82) is 0 Å². The van der Waals surface area contributed by atoms with Crippen LogP contribution in [0.2, 0.25) is 5.02 Å². The molecule has 1 fully saturated rings. The van der Waals surface area contributed by atoms with Gasteiger partial charge in [0.25, 0.3) is 0 Å². The summed E-state index contributed by atoms with van der Waals surface area (Å²) in [5.41, 5.74) is 10.8. The third-order valence-electron chi connectivity index (χ3n) is 4.89. The van der Waals surface area contributed by atoms with Crippen LogP contribution in [-0.2, 0) is 16.8 Å². The van der Waals surface area contributed by atoms with Gasteiger partial charge in [-0.2, -0.15) is 0 Å². The second kappa shape index (κ2) is 8.03. The molecular weight excluding hydrogens is 385 g/mol. The van der Waals surface area contributed by atoms with Gasteiger partial charge < -0.3 is 21.3 Å². The highest BCUT2D eigenvalue weighted by molar-refractivity contribution is 6.30. The van der Waals surface area contributed by atoms with Gasteiger partial charge in [0.05, 0.1) is 18.7 Å². The molecule has 1 saturated carbocycles. The van der Waals surface area contributed by atoms with Crippen molar-refractivity contribution >= 4 is 17.5 Å². The van der Waals surface area contributed by atoms with Crippen molar-refractivity contribution in [1.82, 2.24) is 4.98 Å². The lowest BCUT2D eigenvalue weighted by Crippen LogP contribution is -2.38. The van der Waals surface area contributed by atoms with Crippen molar-refractivity contribution < 1.29 is 19.0 Å². The Labute approximate surface area is 167 Å². The predicted octanol–water partition coefficient (Wildman–Crippen LogP) is 2.52. The van der Waals surface area contributed by atoms with E-state index in [1.807, 2.05) is 0 Å². The number of amides is 1. The minimum Gasteiger partial charge on any atom is -0.491 e. The van der Waals surface area contributed by atoms with E-state index in [2.05, 4.69) is 4.98 Å². The van der Waals surface area contributed by atoms with E-state index in [1.165, 1.54) is 18.2 Å². The number of primary amides is 1. The standard InChI is InChI=1S/C20H23ClFN3O3/c1-2-28-19-11(8-17(24)26)7-16(20(27,10-23)12-3-4-12)25-18(19)14-9-13(21)5-6-15(14)22/h5-7,9,12,27H,2-4,8,10,23H2,1H3,(H2,24,26)/t20-/m1/s1. The molecule has 150 valence electrons. The van der Waals surface area contributed by atoms with Crippen LogP contribution in [0.1, 0.15) is 31.0 Å². The van der Waals surface area contributed by atoms with Gasteiger partial charge in [-0.15, -0.1) is 0 Å². The third-order valence-corrected chi connectivity index (χ3v) is 5.13. The largest absolute Gasteiger partial charge is 0.491 e. The fourth-order valence-electron chi connectivity index (χ4n) is 3.34. The van der Waals surface area contributed by atoms with Crippen LogP contribution >= 0.6 is 11.6 Å². The number of carbonyl (C=O) groups is 1. The molecule has 1 aromatic carbocycles. The maximum absolute atomic E-state index is 14.6. The monoisotopic (exact) mass is 407 g/mol. The minimum atomic E-state index is -1.37. The van der Waals surface area contributed by atoms with Gasteiger partial charge in [0.2, 0.25) is 5.91 Å². The summed E-state index contributed by atoms with van der Waals surface area (Å²) in [6, 6.07) is 5.66. The van der Waals surface area contributed by atoms with Crippen molar-refractivity contribution in [2.75, 3.05) is 13.2 Å². The van der Waals surface area contributed by atoms with E-state index < -0.39 is 17.3 Å². The number of nitrogens with two attached hydrogens (primary N) is 2. The van der Waals surface area contributed by atoms with Crippen LogP contribution in [0.3, 0.4) is 0 Å². The molecule has 1 atom stereocenters. The smallest absolute Gasteiger partial charge is 0.221 e. The number of hydrogen-bond donors (Lipinski definition) is 3. The molecule has 5 N–H and O–H groups in total. The summed E-state index contributed by atoms with van der Waals surface area (Å²) in [4.78, 5) is 16.2. The van der Waals surface area contributed by atoms with E-state index >= 15 is 0 Å². The summed E-state index contributed by atoms with van der Waals surface area (Å²) >= 11 is 6.06. The van der Waals surface area contributed by atoms with Gasteiger partial charge in [0.15, 0.2) is 0 Å². The highest BCUT2D eigenvalue weighted by atomic mass is 35.5. The Hall–Kier alpha value is -2.22. The summed E-state index contributed by atoms with van der Waals surface area (Å²) in [5.74, 6) is -0.941. The van der Waals surface area contributed by atoms with E-state index in [-0.39, 0.29) is 48.2 Å². The predicted molar refractivity (Wildman–Crippen MR) is 104 cm³/mol. The van der Waals surface area contributed by atoms with Crippen LogP contribution in [0.4, 0.5) is 4.39 Å². The molecule has 1 aromatic heterocycles. The molecule has 1 heterocycles. The number of benzene rings is 1. The lowest BCUT2D eigenvalue weighted by atomic mass is 9.90. The summed E-state index contributed by atoms with van der Waals surface area (Å²) < 4.78 is 20.3. The molecule has 1 aliphatic carbocycles. The minimum absolute atomic E-state index is 0.0403. The average molecular weight is 408 g/mol. The van der Waals surface area contributed by atoms with Crippen LogP contribution in [0.5, 0.6) is 5.75 Å². The molecule has 8 heteroatoms. The van der Waals surface area contributed by atoms with Gasteiger partial charge >= 0.3 is 0 Å². The summed E-state index contributed by atoms with van der Waals surface area (Å²) in [6.07, 6.45) is 1.48. The number of nitrogens with zero attached hydrogens (tertiary/aromatic N) is 1. The molecule has 0 spiro atoms. The number of aromatic nitrogens is 1. The molecule has 0 saturated heterocycles. The Morgan fingerprint density at radius 2 is 2.14 bits per heavy atom.